The number of likely N-dealkylation sites (N-methyl/N-ethyl adjacent to an activating group) is 1. The van der Waals surface area contributed by atoms with Gasteiger partial charge in [-0.05, 0) is 63.8 Å². The fraction of sp³-hybridized carbons (Fsp3) is 0.429. The van der Waals surface area contributed by atoms with E-state index < -0.39 is 5.60 Å². The first-order valence-corrected chi connectivity index (χ1v) is 15.1. The van der Waals surface area contributed by atoms with Gasteiger partial charge in [0.1, 0.15) is 22.8 Å². The summed E-state index contributed by atoms with van der Waals surface area (Å²) in [7, 11) is 3.73. The molecule has 1 aliphatic heterocycles. The Morgan fingerprint density at radius 3 is 2.51 bits per heavy atom. The van der Waals surface area contributed by atoms with E-state index in [1.54, 1.807) is 18.1 Å². The third kappa shape index (κ3) is 9.40. The molecule has 4 rings (SSSR count). The van der Waals surface area contributed by atoms with Crippen LogP contribution in [0.4, 0.5) is 16.3 Å². The molecule has 230 valence electrons. The molecule has 0 fully saturated rings. The highest BCUT2D eigenvalue weighted by molar-refractivity contribution is 6.09. The van der Waals surface area contributed by atoms with E-state index in [0.717, 1.165) is 24.1 Å². The summed E-state index contributed by atoms with van der Waals surface area (Å²) in [6, 6.07) is 18.5. The maximum absolute atomic E-state index is 13.5. The van der Waals surface area contributed by atoms with Crippen LogP contribution in [0.5, 0.6) is 0 Å². The van der Waals surface area contributed by atoms with Crippen molar-refractivity contribution < 1.29 is 14.3 Å². The first-order chi connectivity index (χ1) is 20.5. The maximum atomic E-state index is 13.5. The molecule has 0 spiro atoms. The van der Waals surface area contributed by atoms with Gasteiger partial charge in [0.25, 0.3) is 5.91 Å². The number of carbonyl (C=O) groups is 2. The number of ether oxygens (including phenoxy) is 1. The van der Waals surface area contributed by atoms with E-state index in [4.69, 9.17) is 4.74 Å². The molecule has 3 aromatic rings. The minimum Gasteiger partial charge on any atom is -0.444 e. The molecule has 2 aromatic carbocycles. The smallest absolute Gasteiger partial charge is 0.410 e. The van der Waals surface area contributed by atoms with Gasteiger partial charge < -0.3 is 19.4 Å². The minimum atomic E-state index is -0.525. The van der Waals surface area contributed by atoms with E-state index in [0.29, 0.717) is 36.8 Å². The summed E-state index contributed by atoms with van der Waals surface area (Å²) in [5.74, 6) is 1.38. The van der Waals surface area contributed by atoms with Crippen LogP contribution >= 0.6 is 0 Å². The lowest BCUT2D eigenvalue weighted by Crippen LogP contribution is -2.35. The highest BCUT2D eigenvalue weighted by Gasteiger charge is 2.28. The number of nitrogens with zero attached hydrogens (tertiary/aromatic N) is 5. The number of anilines is 2. The topological polar surface area (TPSA) is 78.9 Å². The third-order valence-corrected chi connectivity index (χ3v) is 7.04. The molecular weight excluding hydrogens is 538 g/mol. The second kappa shape index (κ2) is 15.3. The Labute approximate surface area is 257 Å². The second-order valence-corrected chi connectivity index (χ2v) is 11.5. The largest absolute Gasteiger partial charge is 0.444 e. The average molecular weight is 586 g/mol. The predicted molar refractivity (Wildman–Crippen MR) is 175 cm³/mol. The van der Waals surface area contributed by atoms with Crippen LogP contribution in [0.1, 0.15) is 74.3 Å². The first kappa shape index (κ1) is 33.3. The van der Waals surface area contributed by atoms with Gasteiger partial charge in [-0.3, -0.25) is 4.79 Å². The van der Waals surface area contributed by atoms with Crippen molar-refractivity contribution in [2.24, 2.45) is 0 Å². The van der Waals surface area contributed by atoms with Crippen LogP contribution in [0, 0.1) is 6.92 Å². The number of hydrogen-bond acceptors (Lipinski definition) is 6. The van der Waals surface area contributed by atoms with Crippen molar-refractivity contribution in [3.63, 3.8) is 0 Å². The Morgan fingerprint density at radius 1 is 1.09 bits per heavy atom. The summed E-state index contributed by atoms with van der Waals surface area (Å²) in [6.45, 7) is 13.3. The standard InChI is InChI=1S/C33H41N5O3.C2H6/c1-24-34-23-29-30(35-24)36(5)20-21-38(31(29)39)28-17-11-13-25(22-28)12-10-16-27(26-14-8-7-9-15-26)18-19-37(6)32(40)41-33(2,3)4;1-2/h7-11,13-17,22-23,27H,12,18-21H2,1-6H3;1-2H3/b16-10-;. The zero-order chi connectivity index (χ0) is 31.6. The molecule has 8 nitrogen and oxygen atoms in total. The van der Waals surface area contributed by atoms with E-state index in [2.05, 4.69) is 46.4 Å². The van der Waals surface area contributed by atoms with Crippen LogP contribution in [0.15, 0.2) is 72.9 Å². The normalized spacial score (nSPS) is 14.0. The van der Waals surface area contributed by atoms with Crippen LogP contribution in [0.25, 0.3) is 0 Å². The second-order valence-electron chi connectivity index (χ2n) is 11.5. The molecule has 1 aromatic heterocycles. The number of fused-ring (bicyclic) bond motifs is 1. The Morgan fingerprint density at radius 2 is 1.81 bits per heavy atom. The number of rotatable bonds is 8. The van der Waals surface area contributed by atoms with Crippen molar-refractivity contribution in [2.75, 3.05) is 43.5 Å². The number of amides is 2. The van der Waals surface area contributed by atoms with E-state index in [1.807, 2.05) is 88.7 Å². The van der Waals surface area contributed by atoms with Gasteiger partial charge in [-0.1, -0.05) is 68.5 Å². The molecule has 1 unspecified atom stereocenters. The number of benzene rings is 2. The summed E-state index contributed by atoms with van der Waals surface area (Å²) >= 11 is 0. The van der Waals surface area contributed by atoms with Crippen molar-refractivity contribution in [3.05, 3.63) is 95.5 Å². The third-order valence-electron chi connectivity index (χ3n) is 7.04. The van der Waals surface area contributed by atoms with Crippen LogP contribution < -0.4 is 9.80 Å². The lowest BCUT2D eigenvalue weighted by Gasteiger charge is -2.25. The predicted octanol–water partition coefficient (Wildman–Crippen LogP) is 7.05. The molecular formula is C35H47N5O3. The molecule has 0 saturated heterocycles. The number of allylic oxidation sites excluding steroid dienone is 2. The molecule has 1 aliphatic rings. The SMILES string of the molecule is CC.Cc1ncc2c(n1)N(C)CCN(c1cccc(C/C=C\C(CCN(C)C(=O)OC(C)(C)C)c3ccccc3)c1)C2=O. The van der Waals surface area contributed by atoms with E-state index >= 15 is 0 Å². The van der Waals surface area contributed by atoms with Crippen LogP contribution in [0.2, 0.25) is 0 Å². The molecule has 2 heterocycles. The summed E-state index contributed by atoms with van der Waals surface area (Å²) in [5.41, 5.74) is 3.17. The van der Waals surface area contributed by atoms with Crippen molar-refractivity contribution in [3.8, 4) is 0 Å². The van der Waals surface area contributed by atoms with Gasteiger partial charge in [0.2, 0.25) is 0 Å². The van der Waals surface area contributed by atoms with Gasteiger partial charge in [-0.2, -0.15) is 0 Å². The van der Waals surface area contributed by atoms with Crippen molar-refractivity contribution in [1.82, 2.24) is 14.9 Å². The van der Waals surface area contributed by atoms with Crippen molar-refractivity contribution in [1.29, 1.82) is 0 Å². The molecule has 0 bridgehead atoms. The Hall–Kier alpha value is -4.20. The first-order valence-electron chi connectivity index (χ1n) is 15.1. The number of aryl methyl sites for hydroxylation is 1. The van der Waals surface area contributed by atoms with Gasteiger partial charge >= 0.3 is 6.09 Å². The quantitative estimate of drug-likeness (QED) is 0.264. The van der Waals surface area contributed by atoms with Crippen LogP contribution in [-0.2, 0) is 11.2 Å². The average Bonchev–Trinajstić information content (AvgIpc) is 3.10. The van der Waals surface area contributed by atoms with Gasteiger partial charge in [-0.25, -0.2) is 14.8 Å². The molecule has 8 heteroatoms. The van der Waals surface area contributed by atoms with Gasteiger partial charge in [0, 0.05) is 51.5 Å². The lowest BCUT2D eigenvalue weighted by atomic mass is 9.94. The highest BCUT2D eigenvalue weighted by Crippen LogP contribution is 2.27. The van der Waals surface area contributed by atoms with Crippen LogP contribution in [-0.4, -0.2) is 66.2 Å². The summed E-state index contributed by atoms with van der Waals surface area (Å²) < 4.78 is 5.52. The monoisotopic (exact) mass is 585 g/mol. The number of carbonyl (C=O) groups excluding carboxylic acids is 2. The molecule has 0 N–H and O–H groups in total. The zero-order valence-corrected chi connectivity index (χ0v) is 27.0. The molecule has 43 heavy (non-hydrogen) atoms. The van der Waals surface area contributed by atoms with Crippen molar-refractivity contribution >= 4 is 23.5 Å². The van der Waals surface area contributed by atoms with E-state index in [1.165, 1.54) is 5.56 Å². The molecule has 2 amide bonds. The van der Waals surface area contributed by atoms with Crippen LogP contribution in [0.3, 0.4) is 0 Å². The fourth-order valence-corrected chi connectivity index (χ4v) is 4.81. The fourth-order valence-electron chi connectivity index (χ4n) is 4.81. The summed E-state index contributed by atoms with van der Waals surface area (Å²) in [5, 5.41) is 0. The number of aromatic nitrogens is 2. The molecule has 1 atom stereocenters. The van der Waals surface area contributed by atoms with Gasteiger partial charge in [0.05, 0.1) is 0 Å². The zero-order valence-electron chi connectivity index (χ0n) is 27.0. The molecule has 0 aliphatic carbocycles. The maximum Gasteiger partial charge on any atom is 0.410 e. The van der Waals surface area contributed by atoms with E-state index in [9.17, 15) is 9.59 Å². The number of hydrogen-bond donors (Lipinski definition) is 0. The molecule has 0 radical (unpaired) electrons. The van der Waals surface area contributed by atoms with Gasteiger partial charge in [-0.15, -0.1) is 0 Å². The van der Waals surface area contributed by atoms with Gasteiger partial charge in [0.15, 0.2) is 0 Å². The lowest BCUT2D eigenvalue weighted by molar-refractivity contribution is 0.0295. The highest BCUT2D eigenvalue weighted by atomic mass is 16.6. The Balaban J connectivity index is 0.00000248. The van der Waals surface area contributed by atoms with E-state index in [-0.39, 0.29) is 17.9 Å². The Kier molecular flexibility index (Phi) is 11.9. The molecule has 0 saturated carbocycles. The Bertz CT molecular complexity index is 1380. The summed E-state index contributed by atoms with van der Waals surface area (Å²) in [4.78, 5) is 40.2. The summed E-state index contributed by atoms with van der Waals surface area (Å²) in [6.07, 6.45) is 7.20. The van der Waals surface area contributed by atoms with Crippen molar-refractivity contribution in [2.45, 2.75) is 65.9 Å². The minimum absolute atomic E-state index is 0.0877.